The Labute approximate surface area is 188 Å². The lowest BCUT2D eigenvalue weighted by atomic mass is 10.1. The topological polar surface area (TPSA) is 132 Å². The molecule has 3 amide bonds. The molecule has 0 bridgehead atoms. The van der Waals surface area contributed by atoms with Gasteiger partial charge in [0.25, 0.3) is 0 Å². The average Bonchev–Trinajstić information content (AvgIpc) is 2.74. The highest BCUT2D eigenvalue weighted by Gasteiger charge is 2.24. The van der Waals surface area contributed by atoms with Crippen LogP contribution in [-0.2, 0) is 30.4 Å². The molecule has 1 atom stereocenters. The van der Waals surface area contributed by atoms with Crippen LogP contribution >= 0.6 is 0 Å². The maximum atomic E-state index is 12.4. The molecule has 0 saturated heterocycles. The van der Waals surface area contributed by atoms with Gasteiger partial charge in [0.1, 0.15) is 24.8 Å². The van der Waals surface area contributed by atoms with Crippen LogP contribution in [0.15, 0.2) is 30.3 Å². The van der Waals surface area contributed by atoms with Gasteiger partial charge in [-0.15, -0.1) is 0 Å². The molecular weight excluding hydrogens is 418 g/mol. The Morgan fingerprint density at radius 3 is 2.28 bits per heavy atom. The molecule has 1 rings (SSSR count). The minimum atomic E-state index is -0.903. The zero-order valence-electron chi connectivity index (χ0n) is 19.1. The highest BCUT2D eigenvalue weighted by atomic mass is 16.6. The summed E-state index contributed by atoms with van der Waals surface area (Å²) in [6, 6.07) is 8.41. The van der Waals surface area contributed by atoms with Crippen LogP contribution in [0.1, 0.15) is 45.6 Å². The van der Waals surface area contributed by atoms with Crippen molar-refractivity contribution < 1.29 is 33.4 Å². The molecule has 3 N–H and O–H groups in total. The van der Waals surface area contributed by atoms with Crippen LogP contribution in [0.3, 0.4) is 0 Å². The van der Waals surface area contributed by atoms with Gasteiger partial charge in [-0.25, -0.2) is 9.59 Å². The molecule has 0 aromatic heterocycles. The van der Waals surface area contributed by atoms with Gasteiger partial charge in [0.2, 0.25) is 5.91 Å². The summed E-state index contributed by atoms with van der Waals surface area (Å²) in [5, 5.41) is 7.58. The highest BCUT2D eigenvalue weighted by molar-refractivity contribution is 5.88. The van der Waals surface area contributed by atoms with E-state index in [1.807, 2.05) is 30.3 Å². The van der Waals surface area contributed by atoms with E-state index in [9.17, 15) is 19.2 Å². The third-order valence-corrected chi connectivity index (χ3v) is 4.04. The second kappa shape index (κ2) is 13.9. The number of esters is 1. The number of methoxy groups -OCH3 is 1. The molecule has 10 heteroatoms. The number of carbonyl (C=O) groups is 4. The summed E-state index contributed by atoms with van der Waals surface area (Å²) in [6.07, 6.45) is 0.0846. The fourth-order valence-electron chi connectivity index (χ4n) is 2.51. The summed E-state index contributed by atoms with van der Waals surface area (Å²) in [5.41, 5.74) is 0.165. The van der Waals surface area contributed by atoms with Crippen LogP contribution in [0.5, 0.6) is 0 Å². The van der Waals surface area contributed by atoms with Gasteiger partial charge in [-0.3, -0.25) is 9.59 Å². The number of ether oxygens (including phenoxy) is 3. The van der Waals surface area contributed by atoms with Crippen molar-refractivity contribution in [3.05, 3.63) is 35.9 Å². The Kier molecular flexibility index (Phi) is 11.6. The van der Waals surface area contributed by atoms with Gasteiger partial charge < -0.3 is 30.2 Å². The van der Waals surface area contributed by atoms with Gasteiger partial charge in [-0.05, 0) is 45.6 Å². The molecule has 32 heavy (non-hydrogen) atoms. The quantitative estimate of drug-likeness (QED) is 0.267. The zero-order valence-corrected chi connectivity index (χ0v) is 19.1. The van der Waals surface area contributed by atoms with Gasteiger partial charge in [-0.2, -0.15) is 0 Å². The second-order valence-corrected chi connectivity index (χ2v) is 7.98. The standard InChI is InChI=1S/C22H33N3O7/c1-22(2,3)32-21(29)25-17(19(27)24-14-18(26)30-4)12-8-9-13-23-20(28)31-15-16-10-6-5-7-11-16/h5-7,10-11,17H,8-9,12-15H2,1-4H3,(H,23,28)(H,24,27)(H,25,29)/t17-/m1/s1. The van der Waals surface area contributed by atoms with E-state index in [2.05, 4.69) is 20.7 Å². The lowest BCUT2D eigenvalue weighted by Gasteiger charge is -2.23. The monoisotopic (exact) mass is 451 g/mol. The predicted octanol–water partition coefficient (Wildman–Crippen LogP) is 2.27. The van der Waals surface area contributed by atoms with Crippen LogP contribution in [0.25, 0.3) is 0 Å². The first kappa shape index (κ1) is 26.7. The molecule has 1 aromatic rings. The van der Waals surface area contributed by atoms with E-state index in [1.54, 1.807) is 20.8 Å². The van der Waals surface area contributed by atoms with Crippen LogP contribution in [0.4, 0.5) is 9.59 Å². The van der Waals surface area contributed by atoms with Gasteiger partial charge >= 0.3 is 18.2 Å². The zero-order chi connectivity index (χ0) is 24.0. The van der Waals surface area contributed by atoms with E-state index in [1.165, 1.54) is 7.11 Å². The lowest BCUT2D eigenvalue weighted by molar-refractivity contribution is -0.141. The number of nitrogens with one attached hydrogen (secondary N) is 3. The fraction of sp³-hybridized carbons (Fsp3) is 0.545. The first-order chi connectivity index (χ1) is 15.1. The van der Waals surface area contributed by atoms with E-state index in [-0.39, 0.29) is 19.6 Å². The van der Waals surface area contributed by atoms with E-state index in [0.29, 0.717) is 19.4 Å². The summed E-state index contributed by atoms with van der Waals surface area (Å²) in [4.78, 5) is 47.5. The van der Waals surface area contributed by atoms with Crippen molar-refractivity contribution in [2.75, 3.05) is 20.2 Å². The SMILES string of the molecule is COC(=O)CNC(=O)[C@@H](CCCCNC(=O)OCc1ccccc1)NC(=O)OC(C)(C)C. The summed E-state index contributed by atoms with van der Waals surface area (Å²) >= 11 is 0. The van der Waals surface area contributed by atoms with Crippen LogP contribution < -0.4 is 16.0 Å². The minimum absolute atomic E-state index is 0.176. The summed E-state index contributed by atoms with van der Waals surface area (Å²) in [6.45, 7) is 5.34. The van der Waals surface area contributed by atoms with Crippen LogP contribution in [-0.4, -0.2) is 55.9 Å². The molecule has 0 aliphatic heterocycles. The second-order valence-electron chi connectivity index (χ2n) is 7.98. The van der Waals surface area contributed by atoms with Crippen molar-refractivity contribution in [3.8, 4) is 0 Å². The normalized spacial score (nSPS) is 11.6. The predicted molar refractivity (Wildman–Crippen MR) is 117 cm³/mol. The number of amides is 3. The maximum Gasteiger partial charge on any atom is 0.408 e. The van der Waals surface area contributed by atoms with Crippen molar-refractivity contribution in [2.45, 2.75) is 58.3 Å². The first-order valence-corrected chi connectivity index (χ1v) is 10.4. The van der Waals surface area contributed by atoms with Crippen molar-refractivity contribution in [1.29, 1.82) is 0 Å². The van der Waals surface area contributed by atoms with Crippen molar-refractivity contribution in [2.24, 2.45) is 0 Å². The van der Waals surface area contributed by atoms with E-state index in [4.69, 9.17) is 9.47 Å². The third kappa shape index (κ3) is 12.4. The Morgan fingerprint density at radius 2 is 1.66 bits per heavy atom. The van der Waals surface area contributed by atoms with Gasteiger partial charge in [0, 0.05) is 6.54 Å². The molecule has 0 fully saturated rings. The van der Waals surface area contributed by atoms with Gasteiger partial charge in [0.15, 0.2) is 0 Å². The van der Waals surface area contributed by atoms with Crippen molar-refractivity contribution in [3.63, 3.8) is 0 Å². The molecular formula is C22H33N3O7. The van der Waals surface area contributed by atoms with Gasteiger partial charge in [0.05, 0.1) is 7.11 Å². The van der Waals surface area contributed by atoms with E-state index >= 15 is 0 Å². The average molecular weight is 452 g/mol. The maximum absolute atomic E-state index is 12.4. The molecule has 178 valence electrons. The number of unbranched alkanes of at least 4 members (excludes halogenated alkanes) is 1. The summed E-state index contributed by atoms with van der Waals surface area (Å²) in [7, 11) is 1.21. The van der Waals surface area contributed by atoms with Crippen molar-refractivity contribution in [1.82, 2.24) is 16.0 Å². The number of carbonyl (C=O) groups excluding carboxylic acids is 4. The van der Waals surface area contributed by atoms with Gasteiger partial charge in [-0.1, -0.05) is 30.3 Å². The Morgan fingerprint density at radius 1 is 0.969 bits per heavy atom. The van der Waals surface area contributed by atoms with E-state index < -0.39 is 35.7 Å². The fourth-order valence-corrected chi connectivity index (χ4v) is 2.51. The molecule has 10 nitrogen and oxygen atoms in total. The molecule has 0 aliphatic rings. The molecule has 0 saturated carbocycles. The molecule has 0 aliphatic carbocycles. The molecule has 0 radical (unpaired) electrons. The van der Waals surface area contributed by atoms with Crippen LogP contribution in [0, 0.1) is 0 Å². The van der Waals surface area contributed by atoms with E-state index in [0.717, 1.165) is 5.56 Å². The number of benzene rings is 1. The molecule has 0 heterocycles. The first-order valence-electron chi connectivity index (χ1n) is 10.4. The smallest absolute Gasteiger partial charge is 0.408 e. The number of hydrogen-bond donors (Lipinski definition) is 3. The number of rotatable bonds is 11. The minimum Gasteiger partial charge on any atom is -0.468 e. The highest BCUT2D eigenvalue weighted by Crippen LogP contribution is 2.08. The Bertz CT molecular complexity index is 748. The Balaban J connectivity index is 2.41. The molecule has 0 unspecified atom stereocenters. The van der Waals surface area contributed by atoms with Crippen molar-refractivity contribution >= 4 is 24.1 Å². The third-order valence-electron chi connectivity index (χ3n) is 4.04. The largest absolute Gasteiger partial charge is 0.468 e. The lowest BCUT2D eigenvalue weighted by Crippen LogP contribution is -2.49. The number of alkyl carbamates (subject to hydrolysis) is 2. The molecule has 0 spiro atoms. The molecule has 1 aromatic carbocycles. The summed E-state index contributed by atoms with van der Waals surface area (Å²) < 4.78 is 14.8. The Hall–Kier alpha value is -3.30. The van der Waals surface area contributed by atoms with Crippen LogP contribution in [0.2, 0.25) is 0 Å². The summed E-state index contributed by atoms with van der Waals surface area (Å²) in [5.74, 6) is -1.14. The number of hydrogen-bond acceptors (Lipinski definition) is 7.